The fraction of sp³-hybridized carbons (Fsp3) is 0.929. The molecule has 0 bridgehead atoms. The van der Waals surface area contributed by atoms with Gasteiger partial charge >= 0.3 is 22.4 Å². The van der Waals surface area contributed by atoms with Crippen molar-refractivity contribution in [3.63, 3.8) is 0 Å². The van der Waals surface area contributed by atoms with Gasteiger partial charge in [0.25, 0.3) is 0 Å². The normalized spacial score (nSPS) is 2.47. The molecule has 0 unspecified atom stereocenters. The number of hydrogen-bond acceptors (Lipinski definition) is 0. The zero-order valence-corrected chi connectivity index (χ0v) is 15.5. The molecule has 0 amide bonds. The minimum atomic E-state index is 0. The Kier molecular flexibility index (Phi) is 3620. The van der Waals surface area contributed by atoms with E-state index in [0.29, 0.717) is 0 Å². The summed E-state index contributed by atoms with van der Waals surface area (Å²) < 4.78 is 0. The Hall–Kier alpha value is 1.83. The molecule has 0 N–H and O–H groups in total. The Labute approximate surface area is 155 Å². The third-order valence-electron chi connectivity index (χ3n) is 0. The van der Waals surface area contributed by atoms with E-state index in [-0.39, 0.29) is 80.5 Å². The first kappa shape index (κ1) is 97.6. The average molecular weight is 461 g/mol. The van der Waals surface area contributed by atoms with E-state index in [1.807, 2.05) is 41.5 Å². The van der Waals surface area contributed by atoms with Crippen LogP contribution in [0.25, 0.3) is 0 Å². The smallest absolute Gasteiger partial charge is 0.346 e. The summed E-state index contributed by atoms with van der Waals surface area (Å²) in [6.45, 7) is 21.2. The molecule has 0 heterocycles. The van der Waals surface area contributed by atoms with Gasteiger partial charge in [-0.1, -0.05) is 84.1 Å². The molecule has 0 aliphatic rings. The maximum atomic E-state index is 3.25. The average Bonchev–Trinajstić information content (AvgIpc) is 2.18. The fourth-order valence-electron chi connectivity index (χ4n) is 0. The summed E-state index contributed by atoms with van der Waals surface area (Å²) in [5.41, 5.74) is 0. The van der Waals surface area contributed by atoms with Crippen LogP contribution in [-0.2, 0) is 44.8 Å². The van der Waals surface area contributed by atoms with Gasteiger partial charge in [0, 0.05) is 22.4 Å². The quantitative estimate of drug-likeness (QED) is 0.261. The van der Waals surface area contributed by atoms with Crippen molar-refractivity contribution in [1.29, 1.82) is 0 Å². The molecule has 17 heavy (non-hydrogen) atoms. The molecule has 0 saturated carbocycles. The van der Waals surface area contributed by atoms with Crippen LogP contribution in [-0.4, -0.2) is 0 Å². The van der Waals surface area contributed by atoms with E-state index in [1.54, 1.807) is 6.92 Å². The topological polar surface area (TPSA) is 0 Å². The molecule has 0 rings (SSSR count). The van der Waals surface area contributed by atoms with Crippen molar-refractivity contribution in [2.24, 2.45) is 0 Å². The monoisotopic (exact) mass is 459 g/mol. The summed E-state index contributed by atoms with van der Waals surface area (Å²) in [5, 5.41) is 0. The van der Waals surface area contributed by atoms with Crippen LogP contribution in [0.2, 0.25) is 0 Å². The fourth-order valence-corrected chi connectivity index (χ4v) is 0. The molecule has 0 aliphatic carbocycles. The van der Waals surface area contributed by atoms with Gasteiger partial charge in [-0.3, -0.25) is 0 Å². The van der Waals surface area contributed by atoms with Crippen molar-refractivity contribution in [1.82, 2.24) is 0 Å². The maximum Gasteiger partial charge on any atom is 1.00 e. The first-order valence-electron chi connectivity index (χ1n) is 5.12. The first-order valence-corrected chi connectivity index (χ1v) is 5.12. The van der Waals surface area contributed by atoms with Crippen LogP contribution in [0, 0.1) is 6.92 Å². The summed E-state index contributed by atoms with van der Waals surface area (Å²) in [5.74, 6) is 0. The van der Waals surface area contributed by atoms with E-state index in [2.05, 4.69) is 20.8 Å². The van der Waals surface area contributed by atoms with E-state index in [0.717, 1.165) is 0 Å². The molecule has 0 fully saturated rings. The van der Waals surface area contributed by atoms with Crippen molar-refractivity contribution in [3.05, 3.63) is 6.92 Å². The number of rotatable bonds is 0. The molecule has 129 valence electrons. The Morgan fingerprint density at radius 1 is 0.647 bits per heavy atom. The minimum Gasteiger partial charge on any atom is -0.346 e. The van der Waals surface area contributed by atoms with Gasteiger partial charge in [-0.15, -0.1) is 0 Å². The van der Waals surface area contributed by atoms with Crippen LogP contribution >= 0.6 is 13.5 Å². The molecule has 0 aromatic carbocycles. The van der Waals surface area contributed by atoms with Crippen LogP contribution < -0.4 is 0 Å². The summed E-state index contributed by atoms with van der Waals surface area (Å²) in [7, 11) is 0. The molecular weight excluding hydrogens is 416 g/mol. The van der Waals surface area contributed by atoms with Gasteiger partial charge in [0.2, 0.25) is 0 Å². The Balaban J connectivity index is -0.00000000273. The van der Waals surface area contributed by atoms with Gasteiger partial charge in [0.15, 0.2) is 0 Å². The van der Waals surface area contributed by atoms with Crippen LogP contribution in [0.3, 0.4) is 0 Å². The zero-order chi connectivity index (χ0) is 10.7. The zero-order valence-electron chi connectivity index (χ0n) is 11.5. The standard InChI is InChI=1S/C3H8.3C2H6.C2H5.3CH4.2Ag.H2S/c1-3-2;4*1-2;;;;;;/h3H2,1-2H3;3*1-2H3;1H2,2H3;3*1H4;;;1H2/q;;;;-1;;;;;+1;. The van der Waals surface area contributed by atoms with Gasteiger partial charge in [-0.2, -0.15) is 20.4 Å². The van der Waals surface area contributed by atoms with Crippen molar-refractivity contribution in [3.8, 4) is 0 Å². The van der Waals surface area contributed by atoms with Crippen LogP contribution in [0.1, 0.15) is 91.0 Å². The maximum absolute atomic E-state index is 3.25. The second kappa shape index (κ2) is 630. The van der Waals surface area contributed by atoms with E-state index in [9.17, 15) is 0 Å². The summed E-state index contributed by atoms with van der Waals surface area (Å²) in [4.78, 5) is 0. The molecule has 0 saturated heterocycles. The van der Waals surface area contributed by atoms with Crippen molar-refractivity contribution < 1.29 is 44.8 Å². The van der Waals surface area contributed by atoms with Gasteiger partial charge in [-0.05, 0) is 0 Å². The molecular formula is C14H45Ag2S. The van der Waals surface area contributed by atoms with E-state index >= 15 is 0 Å². The van der Waals surface area contributed by atoms with E-state index in [1.165, 1.54) is 6.42 Å². The summed E-state index contributed by atoms with van der Waals surface area (Å²) in [6, 6.07) is 0. The van der Waals surface area contributed by atoms with E-state index in [4.69, 9.17) is 0 Å². The first-order chi connectivity index (χ1) is 5.41. The molecule has 0 atom stereocenters. The summed E-state index contributed by atoms with van der Waals surface area (Å²) >= 11 is 0. The largest absolute Gasteiger partial charge is 1.00 e. The van der Waals surface area contributed by atoms with Crippen LogP contribution in [0.5, 0.6) is 0 Å². The Morgan fingerprint density at radius 2 is 0.647 bits per heavy atom. The summed E-state index contributed by atoms with van der Waals surface area (Å²) in [6.07, 6.45) is 1.25. The minimum absolute atomic E-state index is 0. The molecule has 0 aliphatic heterocycles. The number of hydrogen-bond donors (Lipinski definition) is 0. The molecule has 0 spiro atoms. The molecule has 0 aromatic heterocycles. The predicted octanol–water partition coefficient (Wildman–Crippen LogP) is 7.35. The van der Waals surface area contributed by atoms with Crippen molar-refractivity contribution in [2.45, 2.75) is 91.0 Å². The molecule has 0 nitrogen and oxygen atoms in total. The second-order valence-electron chi connectivity index (χ2n) is 0.707. The SMILES string of the molecule is C.C.C.CC.CC.CC.CCC.S.[Ag+].[Ag].[CH2-]C. The third kappa shape index (κ3) is 1330. The van der Waals surface area contributed by atoms with Gasteiger partial charge in [0.05, 0.1) is 0 Å². The van der Waals surface area contributed by atoms with E-state index < -0.39 is 0 Å². The van der Waals surface area contributed by atoms with Gasteiger partial charge < -0.3 is 6.92 Å². The predicted molar refractivity (Wildman–Crippen MR) is 91.6 cm³/mol. The van der Waals surface area contributed by atoms with Gasteiger partial charge in [0.1, 0.15) is 0 Å². The Bertz CT molecular complexity index is 14.2. The van der Waals surface area contributed by atoms with Crippen LogP contribution in [0.15, 0.2) is 0 Å². The van der Waals surface area contributed by atoms with Crippen molar-refractivity contribution >= 4 is 13.5 Å². The molecule has 1 radical (unpaired) electrons. The molecule has 0 aromatic rings. The third-order valence-corrected chi connectivity index (χ3v) is 0. The van der Waals surface area contributed by atoms with Crippen LogP contribution in [0.4, 0.5) is 0 Å². The van der Waals surface area contributed by atoms with Crippen molar-refractivity contribution in [2.75, 3.05) is 0 Å². The Morgan fingerprint density at radius 3 is 0.647 bits per heavy atom. The molecule has 3 heteroatoms. The second-order valence-corrected chi connectivity index (χ2v) is 0.707. The van der Waals surface area contributed by atoms with Gasteiger partial charge in [-0.25, -0.2) is 0 Å².